The lowest BCUT2D eigenvalue weighted by Gasteiger charge is -2.07. The third kappa shape index (κ3) is 6.40. The van der Waals surface area contributed by atoms with Gasteiger partial charge < -0.3 is 15.4 Å². The highest BCUT2D eigenvalue weighted by molar-refractivity contribution is 5.93. The molecule has 0 unspecified atom stereocenters. The summed E-state index contributed by atoms with van der Waals surface area (Å²) in [5.41, 5.74) is 0.494. The number of rotatable bonds is 7. The molecule has 6 heteroatoms. The number of pyridine rings is 1. The molecule has 0 radical (unpaired) electrons. The van der Waals surface area contributed by atoms with Crippen molar-refractivity contribution in [1.82, 2.24) is 15.6 Å². The highest BCUT2D eigenvalue weighted by Gasteiger charge is 2.04. The van der Waals surface area contributed by atoms with Crippen LogP contribution in [0.5, 0.6) is 0 Å². The number of amides is 2. The van der Waals surface area contributed by atoms with Crippen LogP contribution in [0.4, 0.5) is 4.79 Å². The summed E-state index contributed by atoms with van der Waals surface area (Å²) >= 11 is 0. The minimum absolute atomic E-state index is 0.214. The van der Waals surface area contributed by atoms with E-state index in [4.69, 9.17) is 4.74 Å². The van der Waals surface area contributed by atoms with E-state index in [9.17, 15) is 9.59 Å². The molecule has 1 aromatic rings. The van der Waals surface area contributed by atoms with Crippen molar-refractivity contribution in [2.45, 2.75) is 19.8 Å². The van der Waals surface area contributed by atoms with Crippen molar-refractivity contribution in [3.8, 4) is 0 Å². The Hall–Kier alpha value is -2.11. The van der Waals surface area contributed by atoms with Crippen LogP contribution in [0, 0.1) is 0 Å². The van der Waals surface area contributed by atoms with E-state index in [1.165, 1.54) is 6.20 Å². The van der Waals surface area contributed by atoms with E-state index in [0.29, 0.717) is 25.3 Å². The van der Waals surface area contributed by atoms with Crippen LogP contribution in [0.1, 0.15) is 30.1 Å². The first-order valence-corrected chi connectivity index (χ1v) is 6.33. The van der Waals surface area contributed by atoms with Crippen LogP contribution in [0.3, 0.4) is 0 Å². The molecule has 1 heterocycles. The molecule has 19 heavy (non-hydrogen) atoms. The quantitative estimate of drug-likeness (QED) is 0.729. The predicted molar refractivity (Wildman–Crippen MR) is 70.8 cm³/mol. The number of alkyl carbamates (subject to hydrolysis) is 1. The predicted octanol–water partition coefficient (Wildman–Crippen LogP) is 1.34. The van der Waals surface area contributed by atoms with Crippen LogP contribution >= 0.6 is 0 Å². The van der Waals surface area contributed by atoms with Gasteiger partial charge in [0.15, 0.2) is 0 Å². The van der Waals surface area contributed by atoms with Crippen LogP contribution < -0.4 is 10.6 Å². The van der Waals surface area contributed by atoms with Crippen LogP contribution in [0.2, 0.25) is 0 Å². The molecule has 0 saturated heterocycles. The van der Waals surface area contributed by atoms with Crippen molar-refractivity contribution < 1.29 is 14.3 Å². The van der Waals surface area contributed by atoms with E-state index in [1.54, 1.807) is 18.3 Å². The molecule has 2 amide bonds. The maximum atomic E-state index is 11.6. The van der Waals surface area contributed by atoms with Gasteiger partial charge in [-0.15, -0.1) is 0 Å². The Morgan fingerprint density at radius 3 is 2.79 bits per heavy atom. The first-order valence-electron chi connectivity index (χ1n) is 6.33. The van der Waals surface area contributed by atoms with Gasteiger partial charge in [-0.05, 0) is 18.6 Å². The molecule has 0 saturated carbocycles. The van der Waals surface area contributed by atoms with Gasteiger partial charge in [-0.1, -0.05) is 13.3 Å². The number of hydrogen-bond acceptors (Lipinski definition) is 4. The molecular formula is C13H19N3O3. The fourth-order valence-electron chi connectivity index (χ4n) is 1.30. The third-order valence-corrected chi connectivity index (χ3v) is 2.33. The molecule has 0 spiro atoms. The number of nitrogens with one attached hydrogen (secondary N) is 2. The minimum atomic E-state index is -0.455. The average Bonchev–Trinajstić information content (AvgIpc) is 2.44. The summed E-state index contributed by atoms with van der Waals surface area (Å²) in [6, 6.07) is 3.37. The van der Waals surface area contributed by atoms with Crippen molar-refractivity contribution in [3.63, 3.8) is 0 Å². The maximum absolute atomic E-state index is 11.6. The SMILES string of the molecule is CCCCOC(=O)NCCNC(=O)c1cccnc1. The Bertz CT molecular complexity index is 395. The topological polar surface area (TPSA) is 80.3 Å². The van der Waals surface area contributed by atoms with Gasteiger partial charge in [0.25, 0.3) is 5.91 Å². The fraction of sp³-hybridized carbons (Fsp3) is 0.462. The Balaban J connectivity index is 2.11. The summed E-state index contributed by atoms with van der Waals surface area (Å²) in [7, 11) is 0. The number of unbranched alkanes of at least 4 members (excludes halogenated alkanes) is 1. The number of nitrogens with zero attached hydrogens (tertiary/aromatic N) is 1. The van der Waals surface area contributed by atoms with Gasteiger partial charge in [0.1, 0.15) is 0 Å². The lowest BCUT2D eigenvalue weighted by Crippen LogP contribution is -2.35. The van der Waals surface area contributed by atoms with Crippen LogP contribution in [0.25, 0.3) is 0 Å². The molecule has 0 aliphatic rings. The molecule has 104 valence electrons. The molecule has 0 fully saturated rings. The Labute approximate surface area is 112 Å². The molecule has 0 atom stereocenters. The van der Waals surface area contributed by atoms with Crippen molar-refractivity contribution >= 4 is 12.0 Å². The fourth-order valence-corrected chi connectivity index (χ4v) is 1.30. The van der Waals surface area contributed by atoms with Crippen LogP contribution in [-0.4, -0.2) is 36.7 Å². The zero-order valence-corrected chi connectivity index (χ0v) is 11.0. The molecule has 1 aromatic heterocycles. The van der Waals surface area contributed by atoms with Gasteiger partial charge in [0.05, 0.1) is 12.2 Å². The number of carbonyl (C=O) groups is 2. The van der Waals surface area contributed by atoms with Gasteiger partial charge in [-0.25, -0.2) is 4.79 Å². The first-order chi connectivity index (χ1) is 9.24. The summed E-state index contributed by atoms with van der Waals surface area (Å²) in [5, 5.41) is 5.23. The van der Waals surface area contributed by atoms with Gasteiger partial charge in [-0.2, -0.15) is 0 Å². The smallest absolute Gasteiger partial charge is 0.407 e. The van der Waals surface area contributed by atoms with Crippen molar-refractivity contribution in [1.29, 1.82) is 0 Å². The number of hydrogen-bond donors (Lipinski definition) is 2. The average molecular weight is 265 g/mol. The number of ether oxygens (including phenoxy) is 1. The van der Waals surface area contributed by atoms with Crippen LogP contribution in [0.15, 0.2) is 24.5 Å². The largest absolute Gasteiger partial charge is 0.450 e. The molecular weight excluding hydrogens is 246 g/mol. The second-order valence-corrected chi connectivity index (χ2v) is 3.91. The van der Waals surface area contributed by atoms with Crippen molar-refractivity contribution in [2.75, 3.05) is 19.7 Å². The summed E-state index contributed by atoms with van der Waals surface area (Å²) < 4.78 is 4.90. The molecule has 0 aromatic carbocycles. The number of carbonyl (C=O) groups excluding carboxylic acids is 2. The lowest BCUT2D eigenvalue weighted by molar-refractivity contribution is 0.0951. The zero-order valence-electron chi connectivity index (χ0n) is 11.0. The summed E-state index contributed by atoms with van der Waals surface area (Å²) in [4.78, 5) is 26.6. The molecule has 6 nitrogen and oxygen atoms in total. The minimum Gasteiger partial charge on any atom is -0.450 e. The van der Waals surface area contributed by atoms with Gasteiger partial charge in [0, 0.05) is 25.5 Å². The van der Waals surface area contributed by atoms with E-state index in [2.05, 4.69) is 15.6 Å². The molecule has 1 rings (SSSR count). The molecule has 2 N–H and O–H groups in total. The Morgan fingerprint density at radius 1 is 1.32 bits per heavy atom. The van der Waals surface area contributed by atoms with E-state index in [1.807, 2.05) is 6.92 Å². The maximum Gasteiger partial charge on any atom is 0.407 e. The second-order valence-electron chi connectivity index (χ2n) is 3.91. The molecule has 0 aliphatic heterocycles. The van der Waals surface area contributed by atoms with Gasteiger partial charge >= 0.3 is 6.09 Å². The Morgan fingerprint density at radius 2 is 2.11 bits per heavy atom. The van der Waals surface area contributed by atoms with E-state index < -0.39 is 6.09 Å². The van der Waals surface area contributed by atoms with Gasteiger partial charge in [-0.3, -0.25) is 9.78 Å². The molecule has 0 bridgehead atoms. The monoisotopic (exact) mass is 265 g/mol. The lowest BCUT2D eigenvalue weighted by atomic mass is 10.3. The summed E-state index contributed by atoms with van der Waals surface area (Å²) in [5.74, 6) is -0.214. The van der Waals surface area contributed by atoms with E-state index >= 15 is 0 Å². The van der Waals surface area contributed by atoms with Crippen molar-refractivity contribution in [2.24, 2.45) is 0 Å². The second kappa shape index (κ2) is 8.91. The highest BCUT2D eigenvalue weighted by atomic mass is 16.5. The third-order valence-electron chi connectivity index (χ3n) is 2.33. The highest BCUT2D eigenvalue weighted by Crippen LogP contribution is 1.94. The van der Waals surface area contributed by atoms with Gasteiger partial charge in [0.2, 0.25) is 0 Å². The first kappa shape index (κ1) is 14.9. The van der Waals surface area contributed by atoms with Crippen LogP contribution in [-0.2, 0) is 4.74 Å². The zero-order chi connectivity index (χ0) is 13.9. The van der Waals surface area contributed by atoms with Crippen molar-refractivity contribution in [3.05, 3.63) is 30.1 Å². The summed E-state index contributed by atoms with van der Waals surface area (Å²) in [6.45, 7) is 3.12. The Kier molecular flexibility index (Phi) is 7.01. The van der Waals surface area contributed by atoms with E-state index in [-0.39, 0.29) is 5.91 Å². The normalized spacial score (nSPS) is 9.74. The molecule has 0 aliphatic carbocycles. The van der Waals surface area contributed by atoms with E-state index in [0.717, 1.165) is 12.8 Å². The standard InChI is InChI=1S/C13H19N3O3/c1-2-3-9-19-13(18)16-8-7-15-12(17)11-5-4-6-14-10-11/h4-6,10H,2-3,7-9H2,1H3,(H,15,17)(H,16,18). The number of aromatic nitrogens is 1. The summed E-state index contributed by atoms with van der Waals surface area (Å²) in [6.07, 6.45) is 4.47.